The van der Waals surface area contributed by atoms with E-state index >= 15 is 0 Å². The van der Waals surface area contributed by atoms with Gasteiger partial charge in [-0.25, -0.2) is 9.36 Å². The predicted molar refractivity (Wildman–Crippen MR) is 70.2 cm³/mol. The lowest BCUT2D eigenvalue weighted by atomic mass is 9.75. The van der Waals surface area contributed by atoms with Gasteiger partial charge in [0.1, 0.15) is 12.4 Å². The van der Waals surface area contributed by atoms with Crippen LogP contribution in [0.1, 0.15) is 39.5 Å². The second-order valence-corrected chi connectivity index (χ2v) is 6.28. The van der Waals surface area contributed by atoms with Crippen molar-refractivity contribution in [2.75, 3.05) is 7.05 Å². The normalized spacial score (nSPS) is 18.7. The van der Waals surface area contributed by atoms with Gasteiger partial charge in [0.25, 0.3) is 6.33 Å². The fraction of sp³-hybridized carbons (Fsp3) is 0.714. The zero-order valence-electron chi connectivity index (χ0n) is 12.3. The average molecular weight is 377 g/mol. The Morgan fingerprint density at radius 1 is 1.37 bits per heavy atom. The topological polar surface area (TPSA) is 29.1 Å². The largest absolute Gasteiger partial charge is 1.00 e. The average Bonchev–Trinajstić information content (AvgIpc) is 2.74. The molecular weight excluding hydrogens is 353 g/mol. The molecule has 0 aliphatic heterocycles. The monoisotopic (exact) mass is 377 g/mol. The number of nitrogens with zero attached hydrogens (tertiary/aromatic N) is 3. The molecule has 4 nitrogen and oxygen atoms in total. The van der Waals surface area contributed by atoms with Crippen LogP contribution in [0.15, 0.2) is 18.7 Å². The minimum Gasteiger partial charge on any atom is -1.00 e. The Hall–Kier alpha value is -0.590. The smallest absolute Gasteiger partial charge is 0.415 e. The van der Waals surface area contributed by atoms with E-state index in [0.29, 0.717) is 11.5 Å². The number of rotatable bonds is 1. The summed E-state index contributed by atoms with van der Waals surface area (Å²) in [5, 5.41) is 0. The molecule has 0 saturated heterocycles. The van der Waals surface area contributed by atoms with Crippen molar-refractivity contribution in [3.8, 4) is 0 Å². The summed E-state index contributed by atoms with van der Waals surface area (Å²) in [7, 11) is 3.85. The van der Waals surface area contributed by atoms with E-state index < -0.39 is 0 Å². The van der Waals surface area contributed by atoms with Gasteiger partial charge >= 0.3 is 6.03 Å². The third kappa shape index (κ3) is 3.94. The third-order valence-corrected chi connectivity index (χ3v) is 4.15. The molecule has 1 aliphatic rings. The summed E-state index contributed by atoms with van der Waals surface area (Å²) < 4.78 is 3.54. The van der Waals surface area contributed by atoms with Crippen LogP contribution in [0.2, 0.25) is 0 Å². The Bertz CT molecular complexity index is 432. The van der Waals surface area contributed by atoms with E-state index in [4.69, 9.17) is 0 Å². The first-order valence-corrected chi connectivity index (χ1v) is 6.69. The molecule has 5 heteroatoms. The number of halogens is 1. The first-order chi connectivity index (χ1) is 8.39. The molecule has 0 spiro atoms. The van der Waals surface area contributed by atoms with Crippen molar-refractivity contribution in [1.82, 2.24) is 9.47 Å². The predicted octanol–water partition coefficient (Wildman–Crippen LogP) is -0.815. The van der Waals surface area contributed by atoms with Crippen molar-refractivity contribution >= 4 is 6.03 Å². The molecule has 0 bridgehead atoms. The molecule has 1 amide bonds. The highest BCUT2D eigenvalue weighted by molar-refractivity contribution is 5.76. The summed E-state index contributed by atoms with van der Waals surface area (Å²) >= 11 is 0. The van der Waals surface area contributed by atoms with E-state index in [0.717, 1.165) is 12.8 Å². The highest BCUT2D eigenvalue weighted by atomic mass is 127. The molecule has 2 rings (SSSR count). The maximum Gasteiger partial charge on any atom is 0.415 e. The molecule has 1 aliphatic carbocycles. The molecule has 0 N–H and O–H groups in total. The van der Waals surface area contributed by atoms with Crippen LogP contribution in [-0.4, -0.2) is 28.6 Å². The second kappa shape index (κ2) is 6.24. The van der Waals surface area contributed by atoms with Crippen LogP contribution in [0.3, 0.4) is 0 Å². The van der Waals surface area contributed by atoms with E-state index in [1.54, 1.807) is 4.57 Å². The van der Waals surface area contributed by atoms with E-state index in [1.165, 1.54) is 12.8 Å². The molecule has 0 unspecified atom stereocenters. The zero-order valence-corrected chi connectivity index (χ0v) is 14.4. The van der Waals surface area contributed by atoms with Crippen molar-refractivity contribution in [2.24, 2.45) is 12.5 Å². The number of aryl methyl sites for hydroxylation is 1. The van der Waals surface area contributed by atoms with Crippen LogP contribution in [0.5, 0.6) is 0 Å². The van der Waals surface area contributed by atoms with Crippen LogP contribution < -0.4 is 28.5 Å². The van der Waals surface area contributed by atoms with Crippen LogP contribution in [0.4, 0.5) is 4.79 Å². The van der Waals surface area contributed by atoms with Gasteiger partial charge in [0.05, 0.1) is 7.05 Å². The standard InChI is InChI=1S/C14H24N3O.HI/c1-14(2)7-5-12(6-8-14)16(4)13(18)17-10-9-15(3)11-17;/h9-12H,5-8H2,1-4H3;1H/q+1;/p-1. The highest BCUT2D eigenvalue weighted by Crippen LogP contribution is 2.36. The van der Waals surface area contributed by atoms with E-state index in [2.05, 4.69) is 13.8 Å². The highest BCUT2D eigenvalue weighted by Gasteiger charge is 2.32. The Morgan fingerprint density at radius 3 is 2.42 bits per heavy atom. The summed E-state index contributed by atoms with van der Waals surface area (Å²) in [5.74, 6) is 0. The number of carbonyl (C=O) groups excluding carboxylic acids is 1. The maximum atomic E-state index is 12.3. The van der Waals surface area contributed by atoms with Crippen LogP contribution in [-0.2, 0) is 7.05 Å². The number of hydrogen-bond donors (Lipinski definition) is 0. The van der Waals surface area contributed by atoms with Crippen molar-refractivity contribution in [3.05, 3.63) is 18.7 Å². The van der Waals surface area contributed by atoms with E-state index in [1.807, 2.05) is 42.3 Å². The quantitative estimate of drug-likeness (QED) is 0.465. The van der Waals surface area contributed by atoms with E-state index in [9.17, 15) is 4.79 Å². The summed E-state index contributed by atoms with van der Waals surface area (Å²) in [5.41, 5.74) is 0.445. The Balaban J connectivity index is 0.00000180. The Morgan fingerprint density at radius 2 is 1.95 bits per heavy atom. The molecule has 108 valence electrons. The van der Waals surface area contributed by atoms with Crippen molar-refractivity contribution in [2.45, 2.75) is 45.6 Å². The summed E-state index contributed by atoms with van der Waals surface area (Å²) in [6.07, 6.45) is 10.1. The van der Waals surface area contributed by atoms with Gasteiger partial charge < -0.3 is 28.9 Å². The number of amides is 1. The lowest BCUT2D eigenvalue weighted by molar-refractivity contribution is -0.670. The van der Waals surface area contributed by atoms with Gasteiger partial charge in [-0.05, 0) is 31.1 Å². The fourth-order valence-corrected chi connectivity index (χ4v) is 2.67. The minimum absolute atomic E-state index is 0. The first-order valence-electron chi connectivity index (χ1n) is 6.69. The summed E-state index contributed by atoms with van der Waals surface area (Å²) in [4.78, 5) is 14.2. The molecule has 1 fully saturated rings. The second-order valence-electron chi connectivity index (χ2n) is 6.28. The molecule has 0 radical (unpaired) electrons. The Kier molecular flexibility index (Phi) is 5.41. The molecular formula is C14H24IN3O. The van der Waals surface area contributed by atoms with Gasteiger partial charge in [0.15, 0.2) is 0 Å². The van der Waals surface area contributed by atoms with Gasteiger partial charge in [0, 0.05) is 13.1 Å². The lowest BCUT2D eigenvalue weighted by Crippen LogP contribution is -3.00. The van der Waals surface area contributed by atoms with Crippen LogP contribution in [0, 0.1) is 5.41 Å². The minimum atomic E-state index is 0. The summed E-state index contributed by atoms with van der Waals surface area (Å²) in [6, 6.07) is 0.457. The fourth-order valence-electron chi connectivity index (χ4n) is 2.67. The zero-order chi connectivity index (χ0) is 13.3. The number of hydrogen-bond acceptors (Lipinski definition) is 1. The number of aromatic nitrogens is 2. The van der Waals surface area contributed by atoms with E-state index in [-0.39, 0.29) is 30.0 Å². The maximum absolute atomic E-state index is 12.3. The summed E-state index contributed by atoms with van der Waals surface area (Å²) in [6.45, 7) is 4.63. The number of carbonyl (C=O) groups is 1. The molecule has 19 heavy (non-hydrogen) atoms. The first kappa shape index (κ1) is 16.5. The number of imidazole rings is 1. The van der Waals surface area contributed by atoms with Gasteiger partial charge in [-0.3, -0.25) is 0 Å². The van der Waals surface area contributed by atoms with Gasteiger partial charge in [-0.1, -0.05) is 13.8 Å². The molecule has 1 heterocycles. The van der Waals surface area contributed by atoms with Crippen LogP contribution >= 0.6 is 0 Å². The molecule has 1 saturated carbocycles. The van der Waals surface area contributed by atoms with Crippen LogP contribution in [0.25, 0.3) is 0 Å². The van der Waals surface area contributed by atoms with Crippen molar-refractivity contribution in [3.63, 3.8) is 0 Å². The van der Waals surface area contributed by atoms with Gasteiger partial charge in [-0.15, -0.1) is 0 Å². The Labute approximate surface area is 132 Å². The molecule has 0 aromatic carbocycles. The molecule has 0 atom stereocenters. The molecule has 1 aromatic rings. The van der Waals surface area contributed by atoms with Crippen molar-refractivity contribution < 1.29 is 33.3 Å². The molecule has 1 aromatic heterocycles. The van der Waals surface area contributed by atoms with Gasteiger partial charge in [-0.2, -0.15) is 4.57 Å². The SMILES string of the molecule is CN(C(=O)n1cc[n+](C)c1)C1CCC(C)(C)CC1.[I-]. The van der Waals surface area contributed by atoms with Gasteiger partial charge in [0.2, 0.25) is 0 Å². The lowest BCUT2D eigenvalue weighted by Gasteiger charge is -2.37. The third-order valence-electron chi connectivity index (χ3n) is 4.15. The van der Waals surface area contributed by atoms with Crippen molar-refractivity contribution in [1.29, 1.82) is 0 Å².